The van der Waals surface area contributed by atoms with Crippen molar-refractivity contribution in [3.63, 3.8) is 0 Å². The fraction of sp³-hybridized carbons (Fsp3) is 0.350. The van der Waals surface area contributed by atoms with Crippen LogP contribution in [-0.2, 0) is 29.6 Å². The van der Waals surface area contributed by atoms with Crippen LogP contribution in [0.1, 0.15) is 17.7 Å². The van der Waals surface area contributed by atoms with Crippen LogP contribution in [0.15, 0.2) is 42.6 Å². The summed E-state index contributed by atoms with van der Waals surface area (Å²) in [6.07, 6.45) is 2.35. The van der Waals surface area contributed by atoms with E-state index in [0.717, 1.165) is 17.0 Å². The van der Waals surface area contributed by atoms with E-state index in [-0.39, 0.29) is 24.8 Å². The van der Waals surface area contributed by atoms with Gasteiger partial charge in [-0.15, -0.1) is 0 Å². The van der Waals surface area contributed by atoms with Gasteiger partial charge in [-0.25, -0.2) is 4.79 Å². The highest BCUT2D eigenvalue weighted by Crippen LogP contribution is 2.14. The number of methoxy groups -OCH3 is 1. The van der Waals surface area contributed by atoms with Crippen molar-refractivity contribution in [2.24, 2.45) is 7.05 Å². The van der Waals surface area contributed by atoms with Crippen molar-refractivity contribution in [1.29, 1.82) is 0 Å². The maximum Gasteiger partial charge on any atom is 0.324 e. The first-order valence-corrected chi connectivity index (χ1v) is 9.09. The zero-order valence-electron chi connectivity index (χ0n) is 16.0. The molecule has 2 N–H and O–H groups in total. The van der Waals surface area contributed by atoms with E-state index >= 15 is 0 Å². The van der Waals surface area contributed by atoms with Gasteiger partial charge in [0.25, 0.3) is 5.91 Å². The number of aromatic nitrogens is 1. The minimum Gasteiger partial charge on any atom is -0.497 e. The molecule has 1 aromatic carbocycles. The highest BCUT2D eigenvalue weighted by atomic mass is 16.5. The van der Waals surface area contributed by atoms with Gasteiger partial charge in [0.2, 0.25) is 5.91 Å². The molecular weight excluding hydrogens is 360 g/mol. The van der Waals surface area contributed by atoms with Crippen LogP contribution in [0.5, 0.6) is 5.75 Å². The lowest BCUT2D eigenvalue weighted by molar-refractivity contribution is -0.130. The number of carbonyl (C=O) groups excluding carboxylic acids is 3. The average molecular weight is 384 g/mol. The molecule has 1 unspecified atom stereocenters. The van der Waals surface area contributed by atoms with Gasteiger partial charge in [-0.05, 0) is 36.2 Å². The highest BCUT2D eigenvalue weighted by molar-refractivity contribution is 6.05. The van der Waals surface area contributed by atoms with Crippen molar-refractivity contribution < 1.29 is 19.1 Å². The Morgan fingerprint density at radius 2 is 1.96 bits per heavy atom. The third-order valence-electron chi connectivity index (χ3n) is 4.80. The van der Waals surface area contributed by atoms with Crippen LogP contribution in [0.4, 0.5) is 4.79 Å². The lowest BCUT2D eigenvalue weighted by Crippen LogP contribution is -2.36. The van der Waals surface area contributed by atoms with Gasteiger partial charge in [-0.2, -0.15) is 0 Å². The zero-order chi connectivity index (χ0) is 20.1. The fourth-order valence-electron chi connectivity index (χ4n) is 3.09. The standard InChI is InChI=1S/C20H24N4O4/c1-23-10-3-4-15(23)13-21-18(25)12-17-19(26)24(20(27)22-17)11-9-14-5-7-16(28-2)8-6-14/h3-8,10,17H,9,11-13H2,1-2H3,(H,21,25)(H,22,27). The number of ether oxygens (including phenoxy) is 1. The van der Waals surface area contributed by atoms with E-state index in [1.807, 2.05) is 54.2 Å². The monoisotopic (exact) mass is 384 g/mol. The molecule has 3 rings (SSSR count). The number of carbonyl (C=O) groups is 3. The number of aryl methyl sites for hydroxylation is 1. The molecule has 0 spiro atoms. The lowest BCUT2D eigenvalue weighted by Gasteiger charge is -2.13. The molecule has 0 radical (unpaired) electrons. The Kier molecular flexibility index (Phi) is 5.98. The maximum atomic E-state index is 12.5. The third-order valence-corrected chi connectivity index (χ3v) is 4.80. The molecule has 1 saturated heterocycles. The zero-order valence-corrected chi connectivity index (χ0v) is 16.0. The van der Waals surface area contributed by atoms with Crippen molar-refractivity contribution in [2.75, 3.05) is 13.7 Å². The Hall–Kier alpha value is -3.29. The van der Waals surface area contributed by atoms with Crippen LogP contribution in [0.25, 0.3) is 0 Å². The first-order chi connectivity index (χ1) is 13.5. The number of rotatable bonds is 8. The normalized spacial score (nSPS) is 16.2. The molecule has 0 aliphatic carbocycles. The number of imide groups is 1. The van der Waals surface area contributed by atoms with Crippen LogP contribution >= 0.6 is 0 Å². The van der Waals surface area contributed by atoms with E-state index in [4.69, 9.17) is 4.74 Å². The molecule has 1 fully saturated rings. The summed E-state index contributed by atoms with van der Waals surface area (Å²) in [5, 5.41) is 5.37. The third kappa shape index (κ3) is 4.51. The maximum absolute atomic E-state index is 12.5. The lowest BCUT2D eigenvalue weighted by atomic mass is 10.1. The summed E-state index contributed by atoms with van der Waals surface area (Å²) >= 11 is 0. The van der Waals surface area contributed by atoms with Gasteiger partial charge in [0.1, 0.15) is 11.8 Å². The van der Waals surface area contributed by atoms with E-state index < -0.39 is 12.1 Å². The first-order valence-electron chi connectivity index (χ1n) is 9.09. The van der Waals surface area contributed by atoms with Gasteiger partial charge in [0.15, 0.2) is 0 Å². The highest BCUT2D eigenvalue weighted by Gasteiger charge is 2.38. The van der Waals surface area contributed by atoms with E-state index in [0.29, 0.717) is 13.0 Å². The summed E-state index contributed by atoms with van der Waals surface area (Å²) in [5.41, 5.74) is 1.95. The number of hydrogen-bond donors (Lipinski definition) is 2. The van der Waals surface area contributed by atoms with Crippen molar-refractivity contribution in [2.45, 2.75) is 25.4 Å². The number of amides is 4. The molecule has 8 heteroatoms. The first kappa shape index (κ1) is 19.5. The molecule has 8 nitrogen and oxygen atoms in total. The predicted molar refractivity (Wildman–Crippen MR) is 103 cm³/mol. The molecule has 1 aromatic heterocycles. The molecule has 2 aromatic rings. The quantitative estimate of drug-likeness (QED) is 0.669. The van der Waals surface area contributed by atoms with Crippen LogP contribution in [-0.4, -0.2) is 47.0 Å². The van der Waals surface area contributed by atoms with Gasteiger partial charge >= 0.3 is 6.03 Å². The number of urea groups is 1. The summed E-state index contributed by atoms with van der Waals surface area (Å²) in [6, 6.07) is 9.97. The minimum absolute atomic E-state index is 0.0754. The van der Waals surface area contributed by atoms with E-state index in [2.05, 4.69) is 10.6 Å². The molecule has 2 heterocycles. The Bertz CT molecular complexity index is 859. The predicted octanol–water partition coefficient (Wildman–Crippen LogP) is 1.20. The van der Waals surface area contributed by atoms with Crippen LogP contribution < -0.4 is 15.4 Å². The molecule has 0 saturated carbocycles. The minimum atomic E-state index is -0.822. The van der Waals surface area contributed by atoms with Crippen LogP contribution in [0.2, 0.25) is 0 Å². The second-order valence-corrected chi connectivity index (χ2v) is 6.68. The van der Waals surface area contributed by atoms with Crippen molar-refractivity contribution in [3.8, 4) is 5.75 Å². The summed E-state index contributed by atoms with van der Waals surface area (Å²) < 4.78 is 7.02. The van der Waals surface area contributed by atoms with Gasteiger partial charge in [-0.3, -0.25) is 14.5 Å². The number of benzene rings is 1. The van der Waals surface area contributed by atoms with Gasteiger partial charge < -0.3 is 19.9 Å². The Balaban J connectivity index is 1.49. The SMILES string of the molecule is COc1ccc(CCN2C(=O)NC(CC(=O)NCc3cccn3C)C2=O)cc1. The molecular formula is C20H24N4O4. The summed E-state index contributed by atoms with van der Waals surface area (Å²) in [4.78, 5) is 37.9. The summed E-state index contributed by atoms with van der Waals surface area (Å²) in [7, 11) is 3.49. The fourth-order valence-corrected chi connectivity index (χ4v) is 3.09. The number of hydrogen-bond acceptors (Lipinski definition) is 4. The molecule has 4 amide bonds. The smallest absolute Gasteiger partial charge is 0.324 e. The van der Waals surface area contributed by atoms with Crippen LogP contribution in [0.3, 0.4) is 0 Å². The number of nitrogens with zero attached hydrogens (tertiary/aromatic N) is 2. The summed E-state index contributed by atoms with van der Waals surface area (Å²) in [5.74, 6) is 0.101. The summed E-state index contributed by atoms with van der Waals surface area (Å²) in [6.45, 7) is 0.636. The molecule has 1 aliphatic rings. The van der Waals surface area contributed by atoms with Crippen molar-refractivity contribution in [3.05, 3.63) is 53.9 Å². The Morgan fingerprint density at radius 1 is 1.21 bits per heavy atom. The average Bonchev–Trinajstić information content (AvgIpc) is 3.21. The Morgan fingerprint density at radius 3 is 2.61 bits per heavy atom. The van der Waals surface area contributed by atoms with Crippen LogP contribution in [0, 0.1) is 0 Å². The molecule has 1 atom stereocenters. The van der Waals surface area contributed by atoms with E-state index in [1.54, 1.807) is 7.11 Å². The molecule has 28 heavy (non-hydrogen) atoms. The molecule has 148 valence electrons. The number of nitrogens with one attached hydrogen (secondary N) is 2. The van der Waals surface area contributed by atoms with Crippen molar-refractivity contribution in [1.82, 2.24) is 20.1 Å². The van der Waals surface area contributed by atoms with Gasteiger partial charge in [-0.1, -0.05) is 12.1 Å². The van der Waals surface area contributed by atoms with Gasteiger partial charge in [0, 0.05) is 25.5 Å². The molecule has 0 bridgehead atoms. The Labute approximate surface area is 163 Å². The second kappa shape index (κ2) is 8.60. The van der Waals surface area contributed by atoms with Gasteiger partial charge in [0.05, 0.1) is 20.1 Å². The van der Waals surface area contributed by atoms with E-state index in [9.17, 15) is 14.4 Å². The molecule has 1 aliphatic heterocycles. The van der Waals surface area contributed by atoms with Crippen molar-refractivity contribution >= 4 is 17.8 Å². The van der Waals surface area contributed by atoms with E-state index in [1.165, 1.54) is 4.90 Å². The largest absolute Gasteiger partial charge is 0.497 e. The second-order valence-electron chi connectivity index (χ2n) is 6.68. The topological polar surface area (TPSA) is 92.7 Å².